The lowest BCUT2D eigenvalue weighted by molar-refractivity contribution is -0.113. The van der Waals surface area contributed by atoms with Crippen LogP contribution < -0.4 is 10.1 Å². The number of benzene rings is 1. The number of hydrogen-bond acceptors (Lipinski definition) is 8. The van der Waals surface area contributed by atoms with Crippen molar-refractivity contribution in [3.63, 3.8) is 0 Å². The first-order chi connectivity index (χ1) is 13.9. The number of hydrogen-bond donors (Lipinski definition) is 1. The topological polar surface area (TPSA) is 94.8 Å². The normalized spacial score (nSPS) is 10.8. The summed E-state index contributed by atoms with van der Waals surface area (Å²) in [5.41, 5.74) is 2.61. The van der Waals surface area contributed by atoms with Gasteiger partial charge in [-0.25, -0.2) is 9.97 Å². The molecule has 29 heavy (non-hydrogen) atoms. The molecule has 0 saturated heterocycles. The zero-order valence-electron chi connectivity index (χ0n) is 16.7. The summed E-state index contributed by atoms with van der Waals surface area (Å²) < 4.78 is 7.00. The standard InChI is InChI=1S/C19H22N6O2S2/c1-12-9-13(2)21-18(20-12)28-10-16-23-24-19(25(16)3)29-11-17(26)22-14-5-7-15(27-4)8-6-14/h5-9H,10-11H2,1-4H3,(H,22,26). The van der Waals surface area contributed by atoms with Crippen LogP contribution in [0.1, 0.15) is 17.2 Å². The minimum Gasteiger partial charge on any atom is -0.497 e. The highest BCUT2D eigenvalue weighted by atomic mass is 32.2. The van der Waals surface area contributed by atoms with Gasteiger partial charge in [-0.3, -0.25) is 4.79 Å². The third-order valence-electron chi connectivity index (χ3n) is 3.92. The predicted molar refractivity (Wildman–Crippen MR) is 114 cm³/mol. The molecular weight excluding hydrogens is 408 g/mol. The Labute approximate surface area is 177 Å². The number of nitrogens with zero attached hydrogens (tertiary/aromatic N) is 5. The molecule has 8 nitrogen and oxygen atoms in total. The smallest absolute Gasteiger partial charge is 0.234 e. The van der Waals surface area contributed by atoms with E-state index in [2.05, 4.69) is 25.5 Å². The summed E-state index contributed by atoms with van der Waals surface area (Å²) in [6.45, 7) is 3.90. The molecule has 1 N–H and O–H groups in total. The molecule has 2 heterocycles. The van der Waals surface area contributed by atoms with E-state index in [1.807, 2.05) is 31.5 Å². The van der Waals surface area contributed by atoms with Gasteiger partial charge < -0.3 is 14.6 Å². The van der Waals surface area contributed by atoms with Gasteiger partial charge in [-0.15, -0.1) is 10.2 Å². The molecule has 0 atom stereocenters. The number of anilines is 1. The zero-order valence-corrected chi connectivity index (χ0v) is 18.3. The van der Waals surface area contributed by atoms with Crippen LogP contribution in [-0.4, -0.2) is 43.5 Å². The molecule has 0 unspecified atom stereocenters. The number of rotatable bonds is 8. The molecule has 1 aromatic carbocycles. The third-order valence-corrected chi connectivity index (χ3v) is 5.79. The SMILES string of the molecule is COc1ccc(NC(=O)CSc2nnc(CSc3nc(C)cc(C)n3)n2C)cc1. The van der Waals surface area contributed by atoms with Gasteiger partial charge in [-0.2, -0.15) is 0 Å². The summed E-state index contributed by atoms with van der Waals surface area (Å²) in [6.07, 6.45) is 0. The van der Waals surface area contributed by atoms with Gasteiger partial charge in [0.1, 0.15) is 11.6 Å². The highest BCUT2D eigenvalue weighted by Gasteiger charge is 2.13. The lowest BCUT2D eigenvalue weighted by atomic mass is 10.3. The molecule has 0 saturated carbocycles. The summed E-state index contributed by atoms with van der Waals surface area (Å²) >= 11 is 2.86. The van der Waals surface area contributed by atoms with E-state index in [9.17, 15) is 4.79 Å². The Kier molecular flexibility index (Phi) is 7.10. The van der Waals surface area contributed by atoms with Gasteiger partial charge in [0.15, 0.2) is 10.3 Å². The summed E-state index contributed by atoms with van der Waals surface area (Å²) in [5, 5.41) is 12.7. The molecule has 0 radical (unpaired) electrons. The van der Waals surface area contributed by atoms with Gasteiger partial charge in [0.05, 0.1) is 18.6 Å². The summed E-state index contributed by atoms with van der Waals surface area (Å²) in [5.74, 6) is 2.28. The average Bonchev–Trinajstić information content (AvgIpc) is 3.04. The van der Waals surface area contributed by atoms with Crippen LogP contribution in [0.3, 0.4) is 0 Å². The van der Waals surface area contributed by atoms with E-state index in [0.29, 0.717) is 10.9 Å². The van der Waals surface area contributed by atoms with Crippen LogP contribution in [0.2, 0.25) is 0 Å². The minimum absolute atomic E-state index is 0.109. The monoisotopic (exact) mass is 430 g/mol. The highest BCUT2D eigenvalue weighted by molar-refractivity contribution is 7.99. The number of carbonyl (C=O) groups excluding carboxylic acids is 1. The summed E-state index contributed by atoms with van der Waals surface area (Å²) in [4.78, 5) is 21.0. The van der Waals surface area contributed by atoms with Gasteiger partial charge >= 0.3 is 0 Å². The number of aryl methyl sites for hydroxylation is 2. The molecule has 0 aliphatic rings. The molecular formula is C19H22N6O2S2. The number of nitrogens with one attached hydrogen (secondary N) is 1. The Balaban J connectivity index is 1.52. The van der Waals surface area contributed by atoms with Crippen LogP contribution >= 0.6 is 23.5 Å². The predicted octanol–water partition coefficient (Wildman–Crippen LogP) is 3.25. The van der Waals surface area contributed by atoms with Crippen molar-refractivity contribution in [2.45, 2.75) is 29.9 Å². The molecule has 3 aromatic rings. The zero-order chi connectivity index (χ0) is 20.8. The van der Waals surface area contributed by atoms with Gasteiger partial charge in [0.2, 0.25) is 5.91 Å². The van der Waals surface area contributed by atoms with Crippen molar-refractivity contribution in [3.05, 3.63) is 47.5 Å². The van der Waals surface area contributed by atoms with Crippen molar-refractivity contribution in [1.82, 2.24) is 24.7 Å². The van der Waals surface area contributed by atoms with Crippen molar-refractivity contribution in [1.29, 1.82) is 0 Å². The Hall–Kier alpha value is -2.59. The quantitative estimate of drug-likeness (QED) is 0.430. The number of ether oxygens (including phenoxy) is 1. The van der Waals surface area contributed by atoms with Crippen molar-refractivity contribution in [2.24, 2.45) is 7.05 Å². The first-order valence-electron chi connectivity index (χ1n) is 8.84. The van der Waals surface area contributed by atoms with Crippen molar-refractivity contribution >= 4 is 35.1 Å². The second-order valence-corrected chi connectivity index (χ2v) is 8.13. The van der Waals surface area contributed by atoms with Gasteiger partial charge in [-0.1, -0.05) is 23.5 Å². The Bertz CT molecular complexity index is 971. The molecule has 0 spiro atoms. The Morgan fingerprint density at radius 3 is 2.45 bits per heavy atom. The van der Waals surface area contributed by atoms with Gasteiger partial charge in [0.25, 0.3) is 0 Å². The molecule has 0 fully saturated rings. The first-order valence-corrected chi connectivity index (χ1v) is 10.8. The Morgan fingerprint density at radius 2 is 1.79 bits per heavy atom. The van der Waals surface area contributed by atoms with Crippen LogP contribution in [0.5, 0.6) is 5.75 Å². The number of thioether (sulfide) groups is 2. The number of carbonyl (C=O) groups is 1. The summed E-state index contributed by atoms with van der Waals surface area (Å²) in [7, 11) is 3.49. The van der Waals surface area contributed by atoms with E-state index in [0.717, 1.165) is 33.8 Å². The lowest BCUT2D eigenvalue weighted by Crippen LogP contribution is -2.14. The molecule has 0 bridgehead atoms. The maximum Gasteiger partial charge on any atom is 0.234 e. The second kappa shape index (κ2) is 9.75. The molecule has 1 amide bonds. The fourth-order valence-electron chi connectivity index (χ4n) is 2.49. The average molecular weight is 431 g/mol. The first kappa shape index (κ1) is 21.1. The highest BCUT2D eigenvalue weighted by Crippen LogP contribution is 2.22. The molecule has 10 heteroatoms. The van der Waals surface area contributed by atoms with Crippen molar-refractivity contribution < 1.29 is 9.53 Å². The van der Waals surface area contributed by atoms with Crippen LogP contribution in [0, 0.1) is 13.8 Å². The van der Waals surface area contributed by atoms with E-state index in [1.165, 1.54) is 23.5 Å². The van der Waals surface area contributed by atoms with E-state index >= 15 is 0 Å². The van der Waals surface area contributed by atoms with Crippen LogP contribution in [0.4, 0.5) is 5.69 Å². The molecule has 0 aliphatic carbocycles. The molecule has 3 rings (SSSR count). The maximum atomic E-state index is 12.2. The molecule has 2 aromatic heterocycles. The van der Waals surface area contributed by atoms with Crippen LogP contribution in [0.25, 0.3) is 0 Å². The number of amides is 1. The lowest BCUT2D eigenvalue weighted by Gasteiger charge is -2.06. The molecule has 152 valence electrons. The minimum atomic E-state index is -0.109. The van der Waals surface area contributed by atoms with E-state index in [1.54, 1.807) is 31.4 Å². The van der Waals surface area contributed by atoms with E-state index < -0.39 is 0 Å². The van der Waals surface area contributed by atoms with Crippen molar-refractivity contribution in [3.8, 4) is 5.75 Å². The van der Waals surface area contributed by atoms with Crippen molar-refractivity contribution in [2.75, 3.05) is 18.2 Å². The fourth-order valence-corrected chi connectivity index (χ4v) is 4.14. The fraction of sp³-hybridized carbons (Fsp3) is 0.316. The Morgan fingerprint density at radius 1 is 1.10 bits per heavy atom. The second-order valence-electron chi connectivity index (χ2n) is 6.25. The van der Waals surface area contributed by atoms with Crippen LogP contribution in [-0.2, 0) is 17.6 Å². The van der Waals surface area contributed by atoms with Crippen LogP contribution in [0.15, 0.2) is 40.6 Å². The number of methoxy groups -OCH3 is 1. The largest absolute Gasteiger partial charge is 0.497 e. The van der Waals surface area contributed by atoms with Gasteiger partial charge in [-0.05, 0) is 44.2 Å². The maximum absolute atomic E-state index is 12.2. The van der Waals surface area contributed by atoms with E-state index in [4.69, 9.17) is 4.74 Å². The van der Waals surface area contributed by atoms with Gasteiger partial charge in [0, 0.05) is 24.1 Å². The third kappa shape index (κ3) is 5.94. The number of aromatic nitrogens is 5. The molecule has 0 aliphatic heterocycles. The summed E-state index contributed by atoms with van der Waals surface area (Å²) in [6, 6.07) is 9.14. The van der Waals surface area contributed by atoms with E-state index in [-0.39, 0.29) is 11.7 Å².